The van der Waals surface area contributed by atoms with E-state index in [1.807, 2.05) is 13.8 Å². The summed E-state index contributed by atoms with van der Waals surface area (Å²) in [5.41, 5.74) is -1.93. The maximum Gasteiger partial charge on any atom is 0.329 e. The molecule has 0 aromatic carbocycles. The molecule has 1 fully saturated rings. The van der Waals surface area contributed by atoms with Crippen molar-refractivity contribution in [2.75, 3.05) is 6.54 Å². The van der Waals surface area contributed by atoms with Gasteiger partial charge in [-0.2, -0.15) is 0 Å². The van der Waals surface area contributed by atoms with E-state index in [0.29, 0.717) is 38.6 Å². The summed E-state index contributed by atoms with van der Waals surface area (Å²) in [7, 11) is 0. The summed E-state index contributed by atoms with van der Waals surface area (Å²) in [5.74, 6) is -2.11. The number of carbonyl (C=O) groups excluding carboxylic acids is 2. The number of carbonyl (C=O) groups is 3. The van der Waals surface area contributed by atoms with Crippen molar-refractivity contribution in [2.45, 2.75) is 65.3 Å². The minimum atomic E-state index is -1.19. The van der Waals surface area contributed by atoms with Crippen molar-refractivity contribution in [3.05, 3.63) is 0 Å². The van der Waals surface area contributed by atoms with Crippen molar-refractivity contribution < 1.29 is 19.5 Å². The molecule has 1 heterocycles. The number of Topliss-reactive ketones (excluding diaryl/α,β-unsaturated/α-hetero) is 1. The fourth-order valence-electron chi connectivity index (χ4n) is 2.75. The van der Waals surface area contributed by atoms with E-state index in [1.165, 1.54) is 4.90 Å². The normalized spacial score (nSPS) is 22.9. The van der Waals surface area contributed by atoms with Gasteiger partial charge >= 0.3 is 5.97 Å². The zero-order chi connectivity index (χ0) is 15.6. The van der Waals surface area contributed by atoms with Gasteiger partial charge in [0.05, 0.1) is 0 Å². The van der Waals surface area contributed by atoms with Gasteiger partial charge in [-0.3, -0.25) is 9.59 Å². The fourth-order valence-corrected chi connectivity index (χ4v) is 2.75. The average Bonchev–Trinajstić information content (AvgIpc) is 2.82. The highest BCUT2D eigenvalue weighted by Gasteiger charge is 2.51. The van der Waals surface area contributed by atoms with Gasteiger partial charge < -0.3 is 10.0 Å². The van der Waals surface area contributed by atoms with Crippen LogP contribution in [-0.2, 0) is 14.4 Å². The lowest BCUT2D eigenvalue weighted by Gasteiger charge is -2.35. The van der Waals surface area contributed by atoms with Gasteiger partial charge in [0.15, 0.2) is 0 Å². The molecule has 1 aliphatic rings. The SMILES string of the molecule is CCC[C@@]1(C(=O)O)CCCN1C(=O)C(=O)C(C)(C)CC. The molecule has 1 atom stereocenters. The van der Waals surface area contributed by atoms with Gasteiger partial charge in [-0.05, 0) is 25.7 Å². The molecule has 0 unspecified atom stereocenters. The number of ketones is 1. The summed E-state index contributed by atoms with van der Waals surface area (Å²) >= 11 is 0. The Kier molecular flexibility index (Phi) is 4.95. The Morgan fingerprint density at radius 1 is 1.25 bits per heavy atom. The van der Waals surface area contributed by atoms with Crippen molar-refractivity contribution in [1.82, 2.24) is 4.90 Å². The van der Waals surface area contributed by atoms with E-state index in [1.54, 1.807) is 13.8 Å². The summed E-state index contributed by atoms with van der Waals surface area (Å²) in [6.07, 6.45) is 2.69. The Morgan fingerprint density at radius 3 is 2.30 bits per heavy atom. The zero-order valence-electron chi connectivity index (χ0n) is 12.9. The van der Waals surface area contributed by atoms with Crippen molar-refractivity contribution in [3.63, 3.8) is 0 Å². The number of hydrogen-bond acceptors (Lipinski definition) is 3. The molecule has 20 heavy (non-hydrogen) atoms. The first-order chi connectivity index (χ1) is 9.23. The molecule has 1 aliphatic heterocycles. The molecular weight excluding hydrogens is 258 g/mol. The number of hydrogen-bond donors (Lipinski definition) is 1. The van der Waals surface area contributed by atoms with Crippen LogP contribution in [0.2, 0.25) is 0 Å². The van der Waals surface area contributed by atoms with E-state index < -0.39 is 28.6 Å². The smallest absolute Gasteiger partial charge is 0.329 e. The second-order valence-corrected chi connectivity index (χ2v) is 6.21. The molecule has 1 rings (SSSR count). The van der Waals surface area contributed by atoms with E-state index >= 15 is 0 Å². The third kappa shape index (κ3) is 2.72. The third-order valence-corrected chi connectivity index (χ3v) is 4.49. The standard InChI is InChI=1S/C15H25NO4/c1-5-8-15(13(19)20)9-7-10-16(15)12(18)11(17)14(3,4)6-2/h5-10H2,1-4H3,(H,19,20)/t15-/m0/s1. The molecule has 0 aromatic rings. The number of nitrogens with zero attached hydrogens (tertiary/aromatic N) is 1. The lowest BCUT2D eigenvalue weighted by atomic mass is 9.83. The lowest BCUT2D eigenvalue weighted by Crippen LogP contribution is -2.56. The number of carboxylic acids is 1. The van der Waals surface area contributed by atoms with Crippen molar-refractivity contribution in [3.8, 4) is 0 Å². The van der Waals surface area contributed by atoms with Gasteiger partial charge in [-0.25, -0.2) is 4.79 Å². The maximum atomic E-state index is 12.5. The van der Waals surface area contributed by atoms with Gasteiger partial charge in [0.2, 0.25) is 5.78 Å². The Hall–Kier alpha value is -1.39. The highest BCUT2D eigenvalue weighted by molar-refractivity contribution is 6.38. The summed E-state index contributed by atoms with van der Waals surface area (Å²) in [4.78, 5) is 37.7. The Balaban J connectivity index is 3.07. The van der Waals surface area contributed by atoms with Crippen LogP contribution >= 0.6 is 0 Å². The van der Waals surface area contributed by atoms with Crippen LogP contribution in [0.4, 0.5) is 0 Å². The van der Waals surface area contributed by atoms with Crippen molar-refractivity contribution >= 4 is 17.7 Å². The summed E-state index contributed by atoms with van der Waals surface area (Å²) < 4.78 is 0. The molecule has 1 saturated heterocycles. The average molecular weight is 283 g/mol. The fraction of sp³-hybridized carbons (Fsp3) is 0.800. The number of carboxylic acid groups (broad SMARTS) is 1. The summed E-state index contributed by atoms with van der Waals surface area (Å²) in [6.45, 7) is 7.56. The van der Waals surface area contributed by atoms with Crippen LogP contribution in [-0.4, -0.2) is 39.7 Å². The topological polar surface area (TPSA) is 74.7 Å². The second kappa shape index (κ2) is 5.94. The highest BCUT2D eigenvalue weighted by atomic mass is 16.4. The maximum absolute atomic E-state index is 12.5. The van der Waals surface area contributed by atoms with E-state index in [4.69, 9.17) is 0 Å². The molecule has 5 heteroatoms. The lowest BCUT2D eigenvalue weighted by molar-refractivity contribution is -0.161. The molecule has 0 spiro atoms. The molecule has 0 radical (unpaired) electrons. The minimum absolute atomic E-state index is 0.358. The first-order valence-electron chi connectivity index (χ1n) is 7.32. The molecule has 114 valence electrons. The minimum Gasteiger partial charge on any atom is -0.479 e. The van der Waals surface area contributed by atoms with Crippen LogP contribution < -0.4 is 0 Å². The number of aliphatic carboxylic acids is 1. The molecule has 0 bridgehead atoms. The molecule has 1 amide bonds. The zero-order valence-corrected chi connectivity index (χ0v) is 12.9. The molecule has 0 aliphatic carbocycles. The van der Waals surface area contributed by atoms with Crippen LogP contribution in [0.15, 0.2) is 0 Å². The largest absolute Gasteiger partial charge is 0.479 e. The number of likely N-dealkylation sites (tertiary alicyclic amines) is 1. The molecule has 0 aromatic heterocycles. The second-order valence-electron chi connectivity index (χ2n) is 6.21. The quantitative estimate of drug-likeness (QED) is 0.759. The van der Waals surface area contributed by atoms with E-state index in [0.717, 1.165) is 0 Å². The Bertz CT molecular complexity index is 416. The van der Waals surface area contributed by atoms with Crippen LogP contribution in [0.5, 0.6) is 0 Å². The van der Waals surface area contributed by atoms with E-state index in [2.05, 4.69) is 0 Å². The van der Waals surface area contributed by atoms with Crippen LogP contribution in [0, 0.1) is 5.41 Å². The van der Waals surface area contributed by atoms with Crippen molar-refractivity contribution in [2.24, 2.45) is 5.41 Å². The van der Waals surface area contributed by atoms with Gasteiger partial charge in [-0.1, -0.05) is 34.1 Å². The van der Waals surface area contributed by atoms with E-state index in [-0.39, 0.29) is 0 Å². The highest BCUT2D eigenvalue weighted by Crippen LogP contribution is 2.35. The Labute approximate surface area is 120 Å². The van der Waals surface area contributed by atoms with Crippen molar-refractivity contribution in [1.29, 1.82) is 0 Å². The third-order valence-electron chi connectivity index (χ3n) is 4.49. The molecule has 0 saturated carbocycles. The summed E-state index contributed by atoms with van der Waals surface area (Å²) in [5, 5.41) is 9.55. The first kappa shape index (κ1) is 16.7. The van der Waals surface area contributed by atoms with Gasteiger partial charge in [-0.15, -0.1) is 0 Å². The van der Waals surface area contributed by atoms with Gasteiger partial charge in [0.25, 0.3) is 5.91 Å². The molecule has 5 nitrogen and oxygen atoms in total. The van der Waals surface area contributed by atoms with Gasteiger partial charge in [0, 0.05) is 12.0 Å². The van der Waals surface area contributed by atoms with Crippen LogP contribution in [0.25, 0.3) is 0 Å². The first-order valence-corrected chi connectivity index (χ1v) is 7.32. The predicted molar refractivity (Wildman–Crippen MR) is 75.3 cm³/mol. The molecular formula is C15H25NO4. The van der Waals surface area contributed by atoms with E-state index in [9.17, 15) is 19.5 Å². The van der Waals surface area contributed by atoms with Crippen LogP contribution in [0.3, 0.4) is 0 Å². The number of rotatable bonds is 6. The number of amides is 1. The van der Waals surface area contributed by atoms with Crippen LogP contribution in [0.1, 0.15) is 59.8 Å². The molecule has 1 N–H and O–H groups in total. The predicted octanol–water partition coefficient (Wildman–Crippen LogP) is 2.24. The monoisotopic (exact) mass is 283 g/mol. The Morgan fingerprint density at radius 2 is 1.85 bits per heavy atom. The van der Waals surface area contributed by atoms with Gasteiger partial charge in [0.1, 0.15) is 5.54 Å². The summed E-state index contributed by atoms with van der Waals surface area (Å²) in [6, 6.07) is 0.